The number of benzene rings is 3. The Morgan fingerprint density at radius 3 is 2.29 bits per heavy atom. The predicted molar refractivity (Wildman–Crippen MR) is 254 cm³/mol. The molecule has 5 aromatic rings. The number of H-pyrrole nitrogens is 1. The number of aromatic nitrogens is 4. The van der Waals surface area contributed by atoms with Gasteiger partial charge in [-0.3, -0.25) is 23.9 Å². The van der Waals surface area contributed by atoms with E-state index in [9.17, 15) is 33.9 Å². The van der Waals surface area contributed by atoms with Crippen LogP contribution in [0.3, 0.4) is 0 Å². The number of aryl methyl sites for hydroxylation is 1. The van der Waals surface area contributed by atoms with Gasteiger partial charge in [0, 0.05) is 41.5 Å². The maximum absolute atomic E-state index is 13.3. The molecular formula is C50H61ClN8O9. The zero-order chi connectivity index (χ0) is 48.7. The quantitative estimate of drug-likeness (QED) is 0.0330. The lowest BCUT2D eigenvalue weighted by Gasteiger charge is -2.40. The minimum atomic E-state index is -1.60. The average Bonchev–Trinajstić information content (AvgIpc) is 3.97. The summed E-state index contributed by atoms with van der Waals surface area (Å²) in [6, 6.07) is 20.5. The van der Waals surface area contributed by atoms with Crippen LogP contribution in [0.1, 0.15) is 103 Å². The van der Waals surface area contributed by atoms with Crippen molar-refractivity contribution in [3.8, 4) is 0 Å². The first-order valence-corrected chi connectivity index (χ1v) is 23.6. The number of alkyl halides is 1. The van der Waals surface area contributed by atoms with Crippen LogP contribution in [0.2, 0.25) is 0 Å². The number of fused-ring (bicyclic) bond motifs is 3. The van der Waals surface area contributed by atoms with Crippen molar-refractivity contribution < 1.29 is 43.3 Å². The fourth-order valence-corrected chi connectivity index (χ4v) is 8.83. The number of aliphatic hydroxyl groups is 1. The van der Waals surface area contributed by atoms with E-state index >= 15 is 0 Å². The van der Waals surface area contributed by atoms with Crippen LogP contribution in [-0.2, 0) is 59.4 Å². The third kappa shape index (κ3) is 13.1. The van der Waals surface area contributed by atoms with Crippen LogP contribution in [0.4, 0.5) is 0 Å². The van der Waals surface area contributed by atoms with E-state index in [0.29, 0.717) is 36.2 Å². The van der Waals surface area contributed by atoms with Crippen LogP contribution in [0, 0.1) is 5.92 Å². The molecule has 0 spiro atoms. The number of carbonyl (C=O) groups is 6. The first-order chi connectivity index (χ1) is 32.8. The summed E-state index contributed by atoms with van der Waals surface area (Å²) >= 11 is 6.08. The van der Waals surface area contributed by atoms with Crippen molar-refractivity contribution in [1.82, 2.24) is 40.8 Å². The molecule has 0 fully saturated rings. The summed E-state index contributed by atoms with van der Waals surface area (Å²) in [5.74, 6) is -3.18. The largest absolute Gasteiger partial charge is 0.467 e. The molecule has 18 heteroatoms. The summed E-state index contributed by atoms with van der Waals surface area (Å²) in [6.07, 6.45) is 5.24. The number of hydrogen-bond acceptors (Lipinski definition) is 11. The molecule has 0 unspecified atom stereocenters. The molecule has 3 aromatic carbocycles. The number of nitrogens with zero attached hydrogens (tertiary/aromatic N) is 4. The number of amides is 4. The Hall–Kier alpha value is -6.59. The van der Waals surface area contributed by atoms with Gasteiger partial charge >= 0.3 is 11.9 Å². The topological polar surface area (TPSA) is 227 Å². The van der Waals surface area contributed by atoms with Gasteiger partial charge in [0.2, 0.25) is 11.8 Å². The van der Waals surface area contributed by atoms with Crippen LogP contribution in [0.15, 0.2) is 85.1 Å². The van der Waals surface area contributed by atoms with Crippen molar-refractivity contribution in [2.45, 2.75) is 115 Å². The van der Waals surface area contributed by atoms with Crippen molar-refractivity contribution in [1.29, 1.82) is 0 Å². The van der Waals surface area contributed by atoms with E-state index in [1.165, 1.54) is 19.1 Å². The maximum Gasteiger partial charge on any atom is 0.328 e. The molecule has 5 atom stereocenters. The highest BCUT2D eigenvalue weighted by Crippen LogP contribution is 2.41. The van der Waals surface area contributed by atoms with Gasteiger partial charge in [0.05, 0.1) is 39.0 Å². The number of para-hydroxylation sites is 1. The van der Waals surface area contributed by atoms with Gasteiger partial charge in [-0.15, -0.1) is 16.7 Å². The Morgan fingerprint density at radius 2 is 1.59 bits per heavy atom. The van der Waals surface area contributed by atoms with Gasteiger partial charge in [-0.2, -0.15) is 0 Å². The molecule has 1 aliphatic rings. The summed E-state index contributed by atoms with van der Waals surface area (Å²) in [5, 5.41) is 28.8. The Labute approximate surface area is 400 Å². The maximum atomic E-state index is 13.3. The van der Waals surface area contributed by atoms with Gasteiger partial charge in [0.1, 0.15) is 23.7 Å². The Morgan fingerprint density at radius 1 is 0.882 bits per heavy atom. The molecule has 362 valence electrons. The Bertz CT molecular complexity index is 2510. The van der Waals surface area contributed by atoms with Gasteiger partial charge in [-0.25, -0.2) is 9.59 Å². The summed E-state index contributed by atoms with van der Waals surface area (Å²) in [4.78, 5) is 83.1. The van der Waals surface area contributed by atoms with Gasteiger partial charge in [0.15, 0.2) is 6.10 Å². The molecule has 0 saturated heterocycles. The highest BCUT2D eigenvalue weighted by atomic mass is 35.5. The molecule has 2 aromatic heterocycles. The SMILES string of the molecule is COC(=O)[C@H](CC(C)C)NC(=O)[C@@H](O)[C@@H](Cc1ccccc1)NC(=O)CCCCCCCn1cc(CNC(=O)c2ccc([C@H]3c4[nH]c5ccccc5c4C[C@H](C(=O)OC)N3C(=O)CCl)cc2)nn1. The summed E-state index contributed by atoms with van der Waals surface area (Å²) < 4.78 is 11.7. The second-order valence-electron chi connectivity index (χ2n) is 17.5. The third-order valence-corrected chi connectivity index (χ3v) is 12.3. The molecule has 0 aliphatic carbocycles. The number of carbonyl (C=O) groups excluding carboxylic acids is 6. The molecule has 1 aliphatic heterocycles. The number of aromatic amines is 1. The van der Waals surface area contributed by atoms with Gasteiger partial charge < -0.3 is 40.4 Å². The Kier molecular flexibility index (Phi) is 18.3. The number of ether oxygens (including phenoxy) is 2. The lowest BCUT2D eigenvalue weighted by atomic mass is 9.87. The van der Waals surface area contributed by atoms with E-state index in [1.807, 2.05) is 68.4 Å². The monoisotopic (exact) mass is 952 g/mol. The summed E-state index contributed by atoms with van der Waals surface area (Å²) in [7, 11) is 2.54. The highest BCUT2D eigenvalue weighted by molar-refractivity contribution is 6.27. The number of methoxy groups -OCH3 is 2. The molecule has 0 saturated carbocycles. The second-order valence-corrected chi connectivity index (χ2v) is 17.7. The number of aliphatic hydroxyl groups excluding tert-OH is 1. The number of hydrogen-bond donors (Lipinski definition) is 5. The average molecular weight is 954 g/mol. The molecule has 5 N–H and O–H groups in total. The van der Waals surface area contributed by atoms with Crippen LogP contribution >= 0.6 is 11.6 Å². The van der Waals surface area contributed by atoms with E-state index in [1.54, 1.807) is 35.1 Å². The van der Waals surface area contributed by atoms with Crippen molar-refractivity contribution in [2.24, 2.45) is 5.92 Å². The molecule has 0 radical (unpaired) electrons. The van der Waals surface area contributed by atoms with Crippen LogP contribution in [-0.4, -0.2) is 110 Å². The Balaban J connectivity index is 0.947. The van der Waals surface area contributed by atoms with E-state index < -0.39 is 54.0 Å². The van der Waals surface area contributed by atoms with E-state index in [-0.39, 0.29) is 49.4 Å². The highest BCUT2D eigenvalue weighted by Gasteiger charge is 2.44. The van der Waals surface area contributed by atoms with Crippen molar-refractivity contribution in [3.63, 3.8) is 0 Å². The van der Waals surface area contributed by atoms with Crippen molar-refractivity contribution in [2.75, 3.05) is 20.1 Å². The van der Waals surface area contributed by atoms with Crippen molar-refractivity contribution >= 4 is 58.1 Å². The van der Waals surface area contributed by atoms with Gasteiger partial charge in [0.25, 0.3) is 11.8 Å². The number of rotatable bonds is 23. The van der Waals surface area contributed by atoms with Crippen LogP contribution in [0.25, 0.3) is 10.9 Å². The number of halogens is 1. The predicted octanol–water partition coefficient (Wildman–Crippen LogP) is 5.08. The minimum absolute atomic E-state index is 0.0839. The lowest BCUT2D eigenvalue weighted by molar-refractivity contribution is -0.154. The van der Waals surface area contributed by atoms with Gasteiger partial charge in [-0.1, -0.05) is 99.0 Å². The van der Waals surface area contributed by atoms with E-state index in [4.69, 9.17) is 21.1 Å². The van der Waals surface area contributed by atoms with E-state index in [0.717, 1.165) is 53.4 Å². The normalized spacial score (nSPS) is 15.8. The van der Waals surface area contributed by atoms with Crippen LogP contribution < -0.4 is 16.0 Å². The molecule has 0 bridgehead atoms. The van der Waals surface area contributed by atoms with Crippen LogP contribution in [0.5, 0.6) is 0 Å². The molecule has 6 rings (SSSR count). The fraction of sp³-hybridized carbons (Fsp3) is 0.440. The fourth-order valence-electron chi connectivity index (χ4n) is 8.70. The second kappa shape index (κ2) is 24.4. The van der Waals surface area contributed by atoms with Crippen molar-refractivity contribution in [3.05, 3.63) is 119 Å². The zero-order valence-corrected chi connectivity index (χ0v) is 39.7. The smallest absolute Gasteiger partial charge is 0.328 e. The zero-order valence-electron chi connectivity index (χ0n) is 38.9. The number of unbranched alkanes of at least 4 members (excludes halogenated alkanes) is 4. The summed E-state index contributed by atoms with van der Waals surface area (Å²) in [5.41, 5.74) is 5.06. The molecule has 68 heavy (non-hydrogen) atoms. The standard InChI is InChI=1S/C50H61ClN8O9/c1-31(2)25-40(49(65)67-3)55-48(64)46(62)39(26-32-15-9-8-10-16-32)53-42(60)19-11-6-5-7-14-24-58-30-35(56-57-58)29-52-47(63)34-22-20-33(21-23-34)45-44-37(36-17-12-13-18-38(36)54-44)27-41(50(66)68-4)59(45)43(61)28-51/h8-10,12-13,15-18,20-23,30-31,39-41,45-46,54,62H,5-7,11,14,19,24-29H2,1-4H3,(H,52,63)(H,53,60)(H,55,64)/t39-,40+,41-,45+,46+/m1/s1. The van der Waals surface area contributed by atoms with E-state index in [2.05, 4.69) is 31.2 Å². The van der Waals surface area contributed by atoms with Gasteiger partial charge in [-0.05, 0) is 66.5 Å². The summed E-state index contributed by atoms with van der Waals surface area (Å²) in [6.45, 7) is 4.60. The molecule has 17 nitrogen and oxygen atoms in total. The molecule has 3 heterocycles. The first kappa shape index (κ1) is 50.8. The molecular weight excluding hydrogens is 892 g/mol. The molecule has 4 amide bonds. The lowest BCUT2D eigenvalue weighted by Crippen LogP contribution is -2.54. The minimum Gasteiger partial charge on any atom is -0.467 e. The third-order valence-electron chi connectivity index (χ3n) is 12.1. The number of nitrogens with one attached hydrogen (secondary N) is 4. The number of esters is 2. The first-order valence-electron chi connectivity index (χ1n) is 23.0.